The van der Waals surface area contributed by atoms with Crippen LogP contribution in [-0.4, -0.2) is 45.7 Å². The van der Waals surface area contributed by atoms with Crippen LogP contribution in [0.5, 0.6) is 0 Å². The van der Waals surface area contributed by atoms with Crippen molar-refractivity contribution in [1.82, 2.24) is 15.4 Å². The number of carbonyl (C=O) groups excluding carboxylic acids is 4. The largest absolute Gasteiger partial charge is 0.370 e. The van der Waals surface area contributed by atoms with E-state index in [9.17, 15) is 23.6 Å². The van der Waals surface area contributed by atoms with Gasteiger partial charge in [0, 0.05) is 34.7 Å². The van der Waals surface area contributed by atoms with Crippen molar-refractivity contribution in [2.75, 3.05) is 6.54 Å². The van der Waals surface area contributed by atoms with E-state index in [0.717, 1.165) is 0 Å². The quantitative estimate of drug-likeness (QED) is 0.270. The first-order valence-corrected chi connectivity index (χ1v) is 10.8. The zero-order valence-electron chi connectivity index (χ0n) is 17.7. The fraction of sp³-hybridized carbons (Fsp3) is 0.429. The lowest BCUT2D eigenvalue weighted by atomic mass is 9.91. The summed E-state index contributed by atoms with van der Waals surface area (Å²) in [5.41, 5.74) is 5.92. The summed E-state index contributed by atoms with van der Waals surface area (Å²) in [4.78, 5) is 51.8. The van der Waals surface area contributed by atoms with E-state index in [1.54, 1.807) is 24.3 Å². The highest BCUT2D eigenvalue weighted by molar-refractivity contribution is 6.35. The molecule has 174 valence electrons. The molecule has 0 unspecified atom stereocenters. The summed E-state index contributed by atoms with van der Waals surface area (Å²) >= 11 is 11.4. The van der Waals surface area contributed by atoms with Crippen LogP contribution in [0, 0.1) is 11.8 Å². The Morgan fingerprint density at radius 2 is 1.94 bits per heavy atom. The SMILES string of the molecule is CC(C)C[C@H](CC(=O)c1cc2c(Cl)cccc2[nH]1)C(=O)NN(CCC(N)=O)C(=O)[C@H](F)Cl. The van der Waals surface area contributed by atoms with E-state index in [-0.39, 0.29) is 31.1 Å². The molecule has 0 saturated carbocycles. The molecule has 0 aliphatic carbocycles. The van der Waals surface area contributed by atoms with Crippen LogP contribution < -0.4 is 11.2 Å². The van der Waals surface area contributed by atoms with Gasteiger partial charge >= 0.3 is 0 Å². The standard InChI is InChI=1S/C21H25Cl2FN4O4/c1-11(2)8-12(20(31)27-28(7-6-18(25)30)21(32)19(23)24)9-17(29)16-10-13-14(22)4-3-5-15(13)26-16/h3-5,10-12,19,26H,6-9H2,1-2H3,(H2,25,30)(H,27,31)/t12-,19+/m1/s1. The molecule has 0 bridgehead atoms. The van der Waals surface area contributed by atoms with Crippen LogP contribution in [0.3, 0.4) is 0 Å². The van der Waals surface area contributed by atoms with E-state index in [4.69, 9.17) is 28.9 Å². The number of carbonyl (C=O) groups is 4. The molecule has 0 fully saturated rings. The van der Waals surface area contributed by atoms with Gasteiger partial charge in [0.25, 0.3) is 11.5 Å². The zero-order valence-corrected chi connectivity index (χ0v) is 19.2. The number of H-pyrrole nitrogens is 1. The third-order valence-electron chi connectivity index (χ3n) is 4.75. The molecule has 11 heteroatoms. The van der Waals surface area contributed by atoms with Crippen molar-refractivity contribution >= 4 is 57.6 Å². The average molecular weight is 487 g/mol. The van der Waals surface area contributed by atoms with Gasteiger partial charge in [-0.25, -0.2) is 9.40 Å². The van der Waals surface area contributed by atoms with E-state index in [1.165, 1.54) is 0 Å². The second kappa shape index (κ2) is 11.3. The van der Waals surface area contributed by atoms with Crippen LogP contribution >= 0.6 is 23.2 Å². The van der Waals surface area contributed by atoms with Gasteiger partial charge in [-0.1, -0.05) is 43.1 Å². The van der Waals surface area contributed by atoms with Gasteiger partial charge in [-0.2, -0.15) is 0 Å². The Labute approximate surface area is 194 Å². The molecule has 2 atom stereocenters. The van der Waals surface area contributed by atoms with Crippen molar-refractivity contribution in [2.24, 2.45) is 17.6 Å². The lowest BCUT2D eigenvalue weighted by molar-refractivity contribution is -0.145. The third kappa shape index (κ3) is 6.93. The summed E-state index contributed by atoms with van der Waals surface area (Å²) < 4.78 is 13.3. The number of primary amides is 1. The zero-order chi connectivity index (χ0) is 24.0. The first-order valence-electron chi connectivity index (χ1n) is 9.98. The topological polar surface area (TPSA) is 125 Å². The third-order valence-corrected chi connectivity index (χ3v) is 5.27. The van der Waals surface area contributed by atoms with Crippen molar-refractivity contribution < 1.29 is 23.6 Å². The Kier molecular flexibility index (Phi) is 9.03. The number of aromatic amines is 1. The van der Waals surface area contributed by atoms with E-state index in [0.29, 0.717) is 33.0 Å². The van der Waals surface area contributed by atoms with Gasteiger partial charge < -0.3 is 10.7 Å². The number of rotatable bonds is 10. The average Bonchev–Trinajstić information content (AvgIpc) is 3.15. The highest BCUT2D eigenvalue weighted by Gasteiger charge is 2.29. The number of fused-ring (bicyclic) bond motifs is 1. The van der Waals surface area contributed by atoms with E-state index >= 15 is 0 Å². The second-order valence-electron chi connectivity index (χ2n) is 7.82. The number of amides is 3. The highest BCUT2D eigenvalue weighted by atomic mass is 35.5. The van der Waals surface area contributed by atoms with Crippen LogP contribution in [-0.2, 0) is 14.4 Å². The minimum atomic E-state index is -2.41. The molecule has 0 spiro atoms. The molecular weight excluding hydrogens is 462 g/mol. The number of nitrogens with one attached hydrogen (secondary N) is 2. The highest BCUT2D eigenvalue weighted by Crippen LogP contribution is 2.26. The Morgan fingerprint density at radius 1 is 1.25 bits per heavy atom. The Morgan fingerprint density at radius 3 is 2.50 bits per heavy atom. The van der Waals surface area contributed by atoms with Gasteiger partial charge in [0.15, 0.2) is 5.78 Å². The molecule has 1 aromatic heterocycles. The Hall–Kier alpha value is -2.65. The molecule has 4 N–H and O–H groups in total. The number of aromatic nitrogens is 1. The molecule has 1 heterocycles. The number of nitrogens with zero attached hydrogens (tertiary/aromatic N) is 1. The lowest BCUT2D eigenvalue weighted by Gasteiger charge is -2.26. The number of alkyl halides is 2. The molecule has 2 aromatic rings. The Bertz CT molecular complexity index is 1010. The van der Waals surface area contributed by atoms with Crippen LogP contribution in [0.4, 0.5) is 4.39 Å². The molecule has 2 rings (SSSR count). The Balaban J connectivity index is 2.19. The van der Waals surface area contributed by atoms with E-state index in [2.05, 4.69) is 10.4 Å². The van der Waals surface area contributed by atoms with Gasteiger partial charge in [-0.3, -0.25) is 24.6 Å². The number of Topliss-reactive ketones (excluding diaryl/α,β-unsaturated/α-hetero) is 1. The van der Waals surface area contributed by atoms with Crippen molar-refractivity contribution in [2.45, 2.75) is 38.7 Å². The van der Waals surface area contributed by atoms with Crippen LogP contribution in [0.25, 0.3) is 10.9 Å². The van der Waals surface area contributed by atoms with Crippen molar-refractivity contribution in [3.05, 3.63) is 35.0 Å². The fourth-order valence-corrected chi connectivity index (χ4v) is 3.59. The maximum Gasteiger partial charge on any atom is 0.291 e. The number of benzene rings is 1. The first kappa shape index (κ1) is 25.6. The molecule has 32 heavy (non-hydrogen) atoms. The number of nitrogens with two attached hydrogens (primary N) is 1. The number of ketones is 1. The van der Waals surface area contributed by atoms with Crippen molar-refractivity contribution in [3.63, 3.8) is 0 Å². The van der Waals surface area contributed by atoms with E-state index in [1.807, 2.05) is 13.8 Å². The van der Waals surface area contributed by atoms with Gasteiger partial charge in [0.05, 0.1) is 12.2 Å². The first-order chi connectivity index (χ1) is 15.0. The maximum atomic E-state index is 13.3. The molecule has 0 aliphatic rings. The molecule has 0 aliphatic heterocycles. The van der Waals surface area contributed by atoms with Crippen LogP contribution in [0.1, 0.15) is 43.6 Å². The van der Waals surface area contributed by atoms with Gasteiger partial charge in [0.2, 0.25) is 11.8 Å². The summed E-state index contributed by atoms with van der Waals surface area (Å²) in [5.74, 6) is -3.74. The number of halogens is 3. The van der Waals surface area contributed by atoms with Gasteiger partial charge in [-0.15, -0.1) is 0 Å². The van der Waals surface area contributed by atoms with E-state index < -0.39 is 29.3 Å². The molecule has 0 saturated heterocycles. The molecule has 1 aromatic carbocycles. The molecule has 8 nitrogen and oxygen atoms in total. The van der Waals surface area contributed by atoms with Crippen molar-refractivity contribution in [3.8, 4) is 0 Å². The maximum absolute atomic E-state index is 13.3. The van der Waals surface area contributed by atoms with Gasteiger partial charge in [-0.05, 0) is 30.5 Å². The summed E-state index contributed by atoms with van der Waals surface area (Å²) in [6.07, 6.45) is -0.137. The molecule has 3 amide bonds. The summed E-state index contributed by atoms with van der Waals surface area (Å²) in [5, 5.41) is 1.78. The normalized spacial score (nSPS) is 13.1. The minimum absolute atomic E-state index is 0.0485. The predicted octanol–water partition coefficient (Wildman–Crippen LogP) is 3.33. The van der Waals surface area contributed by atoms with Gasteiger partial charge in [0.1, 0.15) is 0 Å². The summed E-state index contributed by atoms with van der Waals surface area (Å²) in [6, 6.07) is 6.84. The smallest absolute Gasteiger partial charge is 0.291 e. The lowest BCUT2D eigenvalue weighted by Crippen LogP contribution is -2.51. The van der Waals surface area contributed by atoms with Crippen LogP contribution in [0.15, 0.2) is 24.3 Å². The summed E-state index contributed by atoms with van der Waals surface area (Å²) in [6.45, 7) is 3.40. The number of hydrazine groups is 1. The monoisotopic (exact) mass is 486 g/mol. The van der Waals surface area contributed by atoms with Crippen LogP contribution in [0.2, 0.25) is 5.02 Å². The number of hydrogen-bond acceptors (Lipinski definition) is 4. The molecule has 0 radical (unpaired) electrons. The fourth-order valence-electron chi connectivity index (χ4n) is 3.24. The summed E-state index contributed by atoms with van der Waals surface area (Å²) in [7, 11) is 0. The van der Waals surface area contributed by atoms with Crippen molar-refractivity contribution in [1.29, 1.82) is 0 Å². The second-order valence-corrected chi connectivity index (χ2v) is 8.61. The predicted molar refractivity (Wildman–Crippen MR) is 120 cm³/mol. The minimum Gasteiger partial charge on any atom is -0.370 e. The molecular formula is C21H25Cl2FN4O4. The number of hydrogen-bond donors (Lipinski definition) is 3.